The number of thioether (sulfide) groups is 1. The molecule has 17 nitrogen and oxygen atoms in total. The summed E-state index contributed by atoms with van der Waals surface area (Å²) in [5, 5.41) is 16.6. The molecule has 0 spiro atoms. The van der Waals surface area contributed by atoms with Crippen LogP contribution < -0.4 is 47.3 Å². The van der Waals surface area contributed by atoms with Crippen molar-refractivity contribution < 1.29 is 47.0 Å². The molecular formula is C48H63Br2N5O12S. The van der Waals surface area contributed by atoms with Crippen LogP contribution in [0, 0.1) is 0 Å². The number of halogens is 2. The van der Waals surface area contributed by atoms with Crippen molar-refractivity contribution in [2.24, 2.45) is 0 Å². The van der Waals surface area contributed by atoms with Crippen LogP contribution in [0.25, 0.3) is 21.9 Å². The van der Waals surface area contributed by atoms with Gasteiger partial charge < -0.3 is 54.4 Å². The van der Waals surface area contributed by atoms with Gasteiger partial charge >= 0.3 is 17.3 Å². The number of rotatable bonds is 27. The molecule has 2 fully saturated rings. The third kappa shape index (κ3) is 17.4. The summed E-state index contributed by atoms with van der Waals surface area (Å²) in [6, 6.07) is 10.4. The molecule has 2 aromatic heterocycles. The lowest BCUT2D eigenvalue weighted by Gasteiger charge is -2.16. The number of ether oxygens (including phenoxy) is 4. The van der Waals surface area contributed by atoms with Crippen molar-refractivity contribution in [2.75, 3.05) is 65.0 Å². The maximum absolute atomic E-state index is 12.1. The van der Waals surface area contributed by atoms with Gasteiger partial charge in [0.2, 0.25) is 11.8 Å². The monoisotopic (exact) mass is 1090 g/mol. The second-order valence-electron chi connectivity index (χ2n) is 16.1. The van der Waals surface area contributed by atoms with Gasteiger partial charge in [0.05, 0.1) is 47.4 Å². The third-order valence-electron chi connectivity index (χ3n) is 11.2. The molecule has 3 unspecified atom stereocenters. The first kappa shape index (κ1) is 54.3. The number of amides is 5. The summed E-state index contributed by atoms with van der Waals surface area (Å²) in [6.45, 7) is 9.49. The zero-order valence-corrected chi connectivity index (χ0v) is 42.9. The van der Waals surface area contributed by atoms with E-state index < -0.39 is 5.63 Å². The van der Waals surface area contributed by atoms with Gasteiger partial charge in [-0.1, -0.05) is 26.7 Å². The molecule has 0 saturated carbocycles. The molecule has 372 valence electrons. The first-order valence-corrected chi connectivity index (χ1v) is 25.9. The number of carbonyl (C=O) groups excluding carboxylic acids is 4. The largest absolute Gasteiger partial charge is 0.490 e. The molecule has 68 heavy (non-hydrogen) atoms. The molecule has 2 saturated heterocycles. The van der Waals surface area contributed by atoms with Crippen LogP contribution in [0.2, 0.25) is 0 Å². The topological polar surface area (TPSA) is 226 Å². The first-order valence-electron chi connectivity index (χ1n) is 23.3. The zero-order valence-electron chi connectivity index (χ0n) is 38.9. The van der Waals surface area contributed by atoms with E-state index in [0.29, 0.717) is 97.7 Å². The Morgan fingerprint density at radius 1 is 0.662 bits per heavy atom. The SMILES string of the molecule is CCOCCOCCNC(=O)COc1cc2oc(=O)cc(CC)c2cc1Br.CCc1cc(=O)oc2cc(OCCNC(=O)CCCCCNC(=O)CCCCC3SCC4NC(=O)NC43)c(Br)cc12. The highest BCUT2D eigenvalue weighted by Crippen LogP contribution is 2.34. The standard InChI is InChI=1S/C29H39BrN4O6S.C19H24BrNO6/c1-2-18-14-27(37)40-22-16-23(20(30)15-19(18)22)39-13-12-32-26(36)9-4-3-7-11-31-25(35)10-6-5-8-24-28-21(17-41-24)33-29(38)34-28;1-3-13-9-19(23)27-16-11-17(15(20)10-14(13)16)26-12-18(22)21-5-6-25-8-7-24-4-2/h14-16,21,24,28H,2-13,17H2,1H3,(H,31,35)(H,32,36)(H2,33,34,38);9-11H,3-8,12H2,1-2H3,(H,21,22). The first-order chi connectivity index (χ1) is 32.9. The van der Waals surface area contributed by atoms with E-state index in [1.807, 2.05) is 44.7 Å². The molecule has 0 radical (unpaired) electrons. The van der Waals surface area contributed by atoms with Crippen molar-refractivity contribution in [2.45, 2.75) is 102 Å². The van der Waals surface area contributed by atoms with Crippen LogP contribution >= 0.6 is 43.6 Å². The van der Waals surface area contributed by atoms with E-state index in [0.717, 1.165) is 77.1 Å². The normalized spacial score (nSPS) is 16.1. The van der Waals surface area contributed by atoms with Crippen LogP contribution in [0.5, 0.6) is 11.5 Å². The van der Waals surface area contributed by atoms with E-state index in [-0.39, 0.29) is 54.7 Å². The Bertz CT molecular complexity index is 2430. The number of urea groups is 1. The Kier molecular flexibility index (Phi) is 23.0. The van der Waals surface area contributed by atoms with Gasteiger partial charge in [-0.05, 0) is 101 Å². The number of benzene rings is 2. The van der Waals surface area contributed by atoms with Gasteiger partial charge in [0, 0.05) is 78.6 Å². The molecule has 3 atom stereocenters. The Balaban J connectivity index is 0.000000278. The van der Waals surface area contributed by atoms with Gasteiger partial charge in [0.25, 0.3) is 5.91 Å². The van der Waals surface area contributed by atoms with Crippen molar-refractivity contribution in [1.29, 1.82) is 0 Å². The number of aryl methyl sites for hydroxylation is 2. The molecule has 2 aliphatic rings. The summed E-state index contributed by atoms with van der Waals surface area (Å²) in [4.78, 5) is 71.0. The zero-order chi connectivity index (χ0) is 48.8. The quantitative estimate of drug-likeness (QED) is 0.0239. The average molecular weight is 1090 g/mol. The second kappa shape index (κ2) is 28.8. The van der Waals surface area contributed by atoms with E-state index in [2.05, 4.69) is 58.4 Å². The molecular weight excluding hydrogens is 1030 g/mol. The lowest BCUT2D eigenvalue weighted by molar-refractivity contribution is -0.123. The third-order valence-corrected chi connectivity index (χ3v) is 13.9. The summed E-state index contributed by atoms with van der Waals surface area (Å²) in [5.41, 5.74) is 1.93. The van der Waals surface area contributed by atoms with Crippen LogP contribution in [0.4, 0.5) is 4.79 Å². The van der Waals surface area contributed by atoms with Crippen LogP contribution in [0.1, 0.15) is 83.3 Å². The molecule has 5 N–H and O–H groups in total. The van der Waals surface area contributed by atoms with Crippen molar-refractivity contribution in [3.8, 4) is 11.5 Å². The Labute approximate surface area is 416 Å². The lowest BCUT2D eigenvalue weighted by Crippen LogP contribution is -2.36. The van der Waals surface area contributed by atoms with Crippen LogP contribution in [0.15, 0.2) is 63.8 Å². The second-order valence-corrected chi connectivity index (χ2v) is 19.1. The summed E-state index contributed by atoms with van der Waals surface area (Å²) in [7, 11) is 0. The molecule has 5 amide bonds. The number of carbonyl (C=O) groups is 4. The molecule has 0 bridgehead atoms. The summed E-state index contributed by atoms with van der Waals surface area (Å²) in [6.07, 6.45) is 7.66. The van der Waals surface area contributed by atoms with Gasteiger partial charge in [0.1, 0.15) is 29.3 Å². The van der Waals surface area contributed by atoms with Crippen molar-refractivity contribution in [3.05, 3.63) is 77.3 Å². The number of hydrogen-bond acceptors (Lipinski definition) is 13. The predicted molar refractivity (Wildman–Crippen MR) is 269 cm³/mol. The highest BCUT2D eigenvalue weighted by Gasteiger charge is 2.42. The molecule has 20 heteroatoms. The number of hydrogen-bond donors (Lipinski definition) is 5. The van der Waals surface area contributed by atoms with E-state index in [9.17, 15) is 28.8 Å². The molecule has 6 rings (SSSR count). The molecule has 4 aromatic rings. The minimum atomic E-state index is -0.408. The maximum atomic E-state index is 12.1. The summed E-state index contributed by atoms with van der Waals surface area (Å²) in [5.74, 6) is 1.71. The van der Waals surface area contributed by atoms with Crippen LogP contribution in [-0.4, -0.2) is 106 Å². The Morgan fingerprint density at radius 2 is 1.24 bits per heavy atom. The lowest BCUT2D eigenvalue weighted by atomic mass is 10.0. The van der Waals surface area contributed by atoms with E-state index in [1.165, 1.54) is 12.1 Å². The van der Waals surface area contributed by atoms with Crippen molar-refractivity contribution >= 4 is 89.3 Å². The van der Waals surface area contributed by atoms with Crippen LogP contribution in [-0.2, 0) is 36.7 Å². The molecule has 2 aromatic carbocycles. The fourth-order valence-corrected chi connectivity index (χ4v) is 10.2. The Hall–Kier alpha value is -4.63. The maximum Gasteiger partial charge on any atom is 0.336 e. The summed E-state index contributed by atoms with van der Waals surface area (Å²) < 4.78 is 33.8. The fourth-order valence-electron chi connectivity index (χ4n) is 7.70. The van der Waals surface area contributed by atoms with Crippen LogP contribution in [0.3, 0.4) is 0 Å². The Morgan fingerprint density at radius 3 is 1.87 bits per heavy atom. The fraction of sp³-hybridized carbons (Fsp3) is 0.542. The van der Waals surface area contributed by atoms with Crippen molar-refractivity contribution in [1.82, 2.24) is 26.6 Å². The van der Waals surface area contributed by atoms with Gasteiger partial charge in [-0.15, -0.1) is 0 Å². The number of unbranched alkanes of at least 4 members (excludes halogenated alkanes) is 3. The van der Waals surface area contributed by atoms with Crippen molar-refractivity contribution in [3.63, 3.8) is 0 Å². The minimum absolute atomic E-state index is 0.0338. The molecule has 4 heterocycles. The summed E-state index contributed by atoms with van der Waals surface area (Å²) >= 11 is 8.84. The van der Waals surface area contributed by atoms with Gasteiger partial charge in [-0.3, -0.25) is 14.4 Å². The minimum Gasteiger partial charge on any atom is -0.490 e. The number of nitrogens with one attached hydrogen (secondary N) is 5. The molecule has 0 aliphatic carbocycles. The highest BCUT2D eigenvalue weighted by molar-refractivity contribution is 9.11. The smallest absolute Gasteiger partial charge is 0.336 e. The van der Waals surface area contributed by atoms with Gasteiger partial charge in [-0.25, -0.2) is 14.4 Å². The van der Waals surface area contributed by atoms with E-state index in [4.69, 9.17) is 27.8 Å². The highest BCUT2D eigenvalue weighted by atomic mass is 79.9. The van der Waals surface area contributed by atoms with E-state index in [1.54, 1.807) is 12.1 Å². The van der Waals surface area contributed by atoms with Gasteiger partial charge in [0.15, 0.2) is 6.61 Å². The molecule has 2 aliphatic heterocycles. The average Bonchev–Trinajstić information content (AvgIpc) is 3.88. The predicted octanol–water partition coefficient (Wildman–Crippen LogP) is 6.68. The van der Waals surface area contributed by atoms with E-state index >= 15 is 0 Å². The number of fused-ring (bicyclic) bond motifs is 3. The van der Waals surface area contributed by atoms with Gasteiger partial charge in [-0.2, -0.15) is 11.8 Å².